The molecule has 88 valence electrons. The molecular weight excluding hydrogens is 200 g/mol. The molecule has 1 N–H and O–H groups in total. The third-order valence-corrected chi connectivity index (χ3v) is 3.85. The Bertz CT molecular complexity index is 227. The van der Waals surface area contributed by atoms with Crippen LogP contribution in [0, 0.1) is 11.8 Å². The van der Waals surface area contributed by atoms with Crippen LogP contribution in [-0.2, 0) is 0 Å². The molecular formula is C11H19F2NO. The van der Waals surface area contributed by atoms with Crippen LogP contribution in [0.3, 0.4) is 0 Å². The van der Waals surface area contributed by atoms with Crippen molar-refractivity contribution in [3.8, 4) is 0 Å². The lowest BCUT2D eigenvalue weighted by Gasteiger charge is -2.38. The maximum atomic E-state index is 12.7. The minimum absolute atomic E-state index is 0.0377. The van der Waals surface area contributed by atoms with Crippen LogP contribution in [0.25, 0.3) is 0 Å². The Labute approximate surface area is 89.3 Å². The largest absolute Gasteiger partial charge is 0.395 e. The monoisotopic (exact) mass is 219 g/mol. The molecule has 1 aliphatic heterocycles. The molecule has 2 fully saturated rings. The van der Waals surface area contributed by atoms with Gasteiger partial charge in [-0.15, -0.1) is 0 Å². The molecule has 15 heavy (non-hydrogen) atoms. The van der Waals surface area contributed by atoms with E-state index in [0.29, 0.717) is 5.92 Å². The highest BCUT2D eigenvalue weighted by atomic mass is 19.3. The maximum Gasteiger partial charge on any atom is 0.248 e. The van der Waals surface area contributed by atoms with Crippen LogP contribution in [0.2, 0.25) is 0 Å². The molecule has 0 aromatic carbocycles. The van der Waals surface area contributed by atoms with Gasteiger partial charge in [0.15, 0.2) is 0 Å². The SMILES string of the molecule is C[C@H]1CCN(CC2CC(F)(F)C2)[C@@H]1CO. The zero-order chi connectivity index (χ0) is 11.1. The van der Waals surface area contributed by atoms with Gasteiger partial charge in [0.2, 0.25) is 5.92 Å². The van der Waals surface area contributed by atoms with Gasteiger partial charge in [-0.05, 0) is 24.8 Å². The van der Waals surface area contributed by atoms with E-state index < -0.39 is 5.92 Å². The number of rotatable bonds is 3. The Morgan fingerprint density at radius 2 is 2.07 bits per heavy atom. The van der Waals surface area contributed by atoms with E-state index >= 15 is 0 Å². The number of aliphatic hydroxyl groups is 1. The Kier molecular flexibility index (Phi) is 2.99. The topological polar surface area (TPSA) is 23.5 Å². The van der Waals surface area contributed by atoms with Gasteiger partial charge in [0, 0.05) is 25.4 Å². The van der Waals surface area contributed by atoms with Crippen LogP contribution in [0.4, 0.5) is 8.78 Å². The van der Waals surface area contributed by atoms with E-state index in [1.807, 2.05) is 0 Å². The number of hydrogen-bond acceptors (Lipinski definition) is 2. The van der Waals surface area contributed by atoms with Crippen molar-refractivity contribution in [3.05, 3.63) is 0 Å². The predicted octanol–water partition coefficient (Wildman–Crippen LogP) is 1.73. The Hall–Kier alpha value is -0.220. The zero-order valence-electron chi connectivity index (χ0n) is 9.13. The minimum Gasteiger partial charge on any atom is -0.395 e. The van der Waals surface area contributed by atoms with Gasteiger partial charge in [0.1, 0.15) is 0 Å². The van der Waals surface area contributed by atoms with Crippen LogP contribution < -0.4 is 0 Å². The van der Waals surface area contributed by atoms with Crippen molar-refractivity contribution in [1.82, 2.24) is 4.90 Å². The third kappa shape index (κ3) is 2.31. The van der Waals surface area contributed by atoms with E-state index in [1.165, 1.54) is 0 Å². The second-order valence-electron chi connectivity index (χ2n) is 5.14. The summed E-state index contributed by atoms with van der Waals surface area (Å²) < 4.78 is 25.3. The smallest absolute Gasteiger partial charge is 0.248 e. The standard InChI is InChI=1S/C11H19F2NO/c1-8-2-3-14(10(8)7-15)6-9-4-11(12,13)5-9/h8-10,15H,2-7H2,1H3/t8-,10+/m0/s1. The first-order valence-corrected chi connectivity index (χ1v) is 5.74. The van der Waals surface area contributed by atoms with Gasteiger partial charge in [0.25, 0.3) is 0 Å². The van der Waals surface area contributed by atoms with Crippen molar-refractivity contribution >= 4 is 0 Å². The summed E-state index contributed by atoms with van der Waals surface area (Å²) in [5, 5.41) is 9.22. The zero-order valence-corrected chi connectivity index (χ0v) is 9.13. The lowest BCUT2D eigenvalue weighted by molar-refractivity contribution is -0.117. The first-order valence-electron chi connectivity index (χ1n) is 5.74. The molecule has 1 aliphatic carbocycles. The maximum absolute atomic E-state index is 12.7. The van der Waals surface area contributed by atoms with Crippen molar-refractivity contribution in [2.75, 3.05) is 19.7 Å². The quantitative estimate of drug-likeness (QED) is 0.781. The van der Waals surface area contributed by atoms with Gasteiger partial charge >= 0.3 is 0 Å². The first-order chi connectivity index (χ1) is 7.02. The van der Waals surface area contributed by atoms with Crippen LogP contribution in [0.15, 0.2) is 0 Å². The fraction of sp³-hybridized carbons (Fsp3) is 1.00. The van der Waals surface area contributed by atoms with Gasteiger partial charge < -0.3 is 5.11 Å². The van der Waals surface area contributed by atoms with E-state index in [9.17, 15) is 13.9 Å². The van der Waals surface area contributed by atoms with Crippen molar-refractivity contribution in [2.45, 2.75) is 38.2 Å². The molecule has 1 saturated heterocycles. The Balaban J connectivity index is 1.80. The number of nitrogens with zero attached hydrogens (tertiary/aromatic N) is 1. The third-order valence-electron chi connectivity index (χ3n) is 3.85. The molecule has 1 heterocycles. The van der Waals surface area contributed by atoms with Gasteiger partial charge in [-0.2, -0.15) is 0 Å². The molecule has 0 bridgehead atoms. The summed E-state index contributed by atoms with van der Waals surface area (Å²) in [5.74, 6) is -1.78. The molecule has 0 radical (unpaired) electrons. The summed E-state index contributed by atoms with van der Waals surface area (Å²) in [5.41, 5.74) is 0. The van der Waals surface area contributed by atoms with E-state index in [1.54, 1.807) is 0 Å². The highest BCUT2D eigenvalue weighted by Crippen LogP contribution is 2.43. The van der Waals surface area contributed by atoms with Gasteiger partial charge in [-0.1, -0.05) is 6.92 Å². The van der Waals surface area contributed by atoms with E-state index in [2.05, 4.69) is 11.8 Å². The molecule has 0 spiro atoms. The highest BCUT2D eigenvalue weighted by Gasteiger charge is 2.46. The van der Waals surface area contributed by atoms with E-state index in [4.69, 9.17) is 0 Å². The lowest BCUT2D eigenvalue weighted by atomic mass is 9.81. The summed E-state index contributed by atoms with van der Waals surface area (Å²) in [6, 6.07) is 0.194. The fourth-order valence-electron chi connectivity index (χ4n) is 2.86. The molecule has 0 amide bonds. The summed E-state index contributed by atoms with van der Waals surface area (Å²) in [6.07, 6.45) is 1.15. The number of likely N-dealkylation sites (tertiary alicyclic amines) is 1. The Morgan fingerprint density at radius 1 is 1.40 bits per heavy atom. The van der Waals surface area contributed by atoms with Gasteiger partial charge in [-0.25, -0.2) is 8.78 Å². The van der Waals surface area contributed by atoms with Crippen LogP contribution >= 0.6 is 0 Å². The summed E-state index contributed by atoms with van der Waals surface area (Å²) >= 11 is 0. The highest BCUT2D eigenvalue weighted by molar-refractivity contribution is 4.92. The molecule has 0 aromatic heterocycles. The normalized spacial score (nSPS) is 36.8. The van der Waals surface area contributed by atoms with Crippen molar-refractivity contribution in [3.63, 3.8) is 0 Å². The molecule has 2 atom stereocenters. The number of halogens is 2. The molecule has 1 saturated carbocycles. The molecule has 2 aliphatic rings. The van der Waals surface area contributed by atoms with Crippen molar-refractivity contribution < 1.29 is 13.9 Å². The van der Waals surface area contributed by atoms with Crippen LogP contribution in [-0.4, -0.2) is 41.7 Å². The average molecular weight is 219 g/mol. The molecule has 2 rings (SSSR count). The van der Waals surface area contributed by atoms with E-state index in [0.717, 1.165) is 19.5 Å². The molecule has 0 aromatic rings. The molecule has 4 heteroatoms. The lowest BCUT2D eigenvalue weighted by Crippen LogP contribution is -2.45. The summed E-state index contributed by atoms with van der Waals surface area (Å²) in [6.45, 7) is 3.97. The predicted molar refractivity (Wildman–Crippen MR) is 53.9 cm³/mol. The molecule has 2 nitrogen and oxygen atoms in total. The second kappa shape index (κ2) is 3.98. The van der Waals surface area contributed by atoms with Crippen molar-refractivity contribution in [1.29, 1.82) is 0 Å². The van der Waals surface area contributed by atoms with Gasteiger partial charge in [-0.3, -0.25) is 4.90 Å². The fourth-order valence-corrected chi connectivity index (χ4v) is 2.86. The number of alkyl halides is 2. The summed E-state index contributed by atoms with van der Waals surface area (Å²) in [4.78, 5) is 2.19. The Morgan fingerprint density at radius 3 is 2.60 bits per heavy atom. The van der Waals surface area contributed by atoms with Crippen molar-refractivity contribution in [2.24, 2.45) is 11.8 Å². The summed E-state index contributed by atoms with van der Waals surface area (Å²) in [7, 11) is 0. The van der Waals surface area contributed by atoms with Gasteiger partial charge in [0.05, 0.1) is 6.61 Å². The number of hydrogen-bond donors (Lipinski definition) is 1. The minimum atomic E-state index is -2.41. The van der Waals surface area contributed by atoms with Crippen LogP contribution in [0.1, 0.15) is 26.2 Å². The number of aliphatic hydroxyl groups excluding tert-OH is 1. The molecule has 0 unspecified atom stereocenters. The second-order valence-corrected chi connectivity index (χ2v) is 5.14. The van der Waals surface area contributed by atoms with Crippen LogP contribution in [0.5, 0.6) is 0 Å². The first kappa shape index (κ1) is 11.3. The average Bonchev–Trinajstić information content (AvgIpc) is 2.44. The van der Waals surface area contributed by atoms with E-state index in [-0.39, 0.29) is 31.4 Å².